The Bertz CT molecular complexity index is 868. The van der Waals surface area contributed by atoms with Gasteiger partial charge < -0.3 is 4.74 Å². The number of hydrogen-bond acceptors (Lipinski definition) is 5. The molecule has 1 fully saturated rings. The van der Waals surface area contributed by atoms with Crippen LogP contribution in [-0.4, -0.2) is 37.3 Å². The third kappa shape index (κ3) is 3.68. The Morgan fingerprint density at radius 2 is 1.76 bits per heavy atom. The van der Waals surface area contributed by atoms with E-state index in [2.05, 4.69) is 0 Å². The molecule has 0 saturated carbocycles. The van der Waals surface area contributed by atoms with Gasteiger partial charge in [-0.05, 0) is 29.8 Å². The summed E-state index contributed by atoms with van der Waals surface area (Å²) in [6, 6.07) is 10.5. The van der Waals surface area contributed by atoms with Crippen LogP contribution >= 0.6 is 0 Å². The van der Waals surface area contributed by atoms with Crippen LogP contribution in [0.25, 0.3) is 0 Å². The summed E-state index contributed by atoms with van der Waals surface area (Å²) in [6.07, 6.45) is -0.498. The molecule has 0 radical (unpaired) electrons. The van der Waals surface area contributed by atoms with Crippen molar-refractivity contribution in [3.63, 3.8) is 0 Å². The van der Waals surface area contributed by atoms with Gasteiger partial charge in [-0.1, -0.05) is 12.1 Å². The topological polar surface area (TPSA) is 89.8 Å². The molecule has 0 amide bonds. The Labute approximate surface area is 143 Å². The SMILES string of the molecule is O=[N+]([O-])c1ccc(S(=O)(=O)N2CCOC(c3ccc(F)cc3)C2)cc1. The molecule has 0 spiro atoms. The van der Waals surface area contributed by atoms with Crippen LogP contribution in [0.2, 0.25) is 0 Å². The smallest absolute Gasteiger partial charge is 0.269 e. The quantitative estimate of drug-likeness (QED) is 0.613. The lowest BCUT2D eigenvalue weighted by Crippen LogP contribution is -2.42. The molecule has 1 saturated heterocycles. The zero-order chi connectivity index (χ0) is 18.0. The van der Waals surface area contributed by atoms with Gasteiger partial charge in [-0.25, -0.2) is 12.8 Å². The second kappa shape index (κ2) is 6.87. The number of ether oxygens (including phenoxy) is 1. The summed E-state index contributed by atoms with van der Waals surface area (Å²) in [6.45, 7) is 0.468. The Kier molecular flexibility index (Phi) is 4.80. The lowest BCUT2D eigenvalue weighted by Gasteiger charge is -2.32. The molecule has 0 aromatic heterocycles. The Morgan fingerprint density at radius 1 is 1.12 bits per heavy atom. The molecule has 25 heavy (non-hydrogen) atoms. The first-order valence-corrected chi connectivity index (χ1v) is 8.93. The van der Waals surface area contributed by atoms with E-state index in [4.69, 9.17) is 4.74 Å². The maximum Gasteiger partial charge on any atom is 0.269 e. The zero-order valence-corrected chi connectivity index (χ0v) is 13.9. The maximum absolute atomic E-state index is 13.0. The fourth-order valence-electron chi connectivity index (χ4n) is 2.61. The van der Waals surface area contributed by atoms with Crippen molar-refractivity contribution >= 4 is 15.7 Å². The summed E-state index contributed by atoms with van der Waals surface area (Å²) in [7, 11) is -3.80. The summed E-state index contributed by atoms with van der Waals surface area (Å²) < 4.78 is 45.4. The van der Waals surface area contributed by atoms with E-state index in [1.54, 1.807) is 12.1 Å². The first-order chi connectivity index (χ1) is 11.9. The molecule has 2 aromatic rings. The fourth-order valence-corrected chi connectivity index (χ4v) is 4.04. The normalized spacial score (nSPS) is 18.8. The van der Waals surface area contributed by atoms with Crippen LogP contribution < -0.4 is 0 Å². The van der Waals surface area contributed by atoms with Crippen molar-refractivity contribution in [1.29, 1.82) is 0 Å². The van der Waals surface area contributed by atoms with Gasteiger partial charge >= 0.3 is 0 Å². The average molecular weight is 366 g/mol. The number of hydrogen-bond donors (Lipinski definition) is 0. The summed E-state index contributed by atoms with van der Waals surface area (Å²) in [4.78, 5) is 10.1. The number of halogens is 1. The number of benzene rings is 2. The van der Waals surface area contributed by atoms with E-state index in [9.17, 15) is 22.9 Å². The van der Waals surface area contributed by atoms with Gasteiger partial charge in [-0.15, -0.1) is 0 Å². The molecule has 1 aliphatic rings. The zero-order valence-electron chi connectivity index (χ0n) is 13.0. The van der Waals surface area contributed by atoms with E-state index in [1.807, 2.05) is 0 Å². The molecule has 3 rings (SSSR count). The number of nitrogens with zero attached hydrogens (tertiary/aromatic N) is 2. The van der Waals surface area contributed by atoms with Crippen molar-refractivity contribution in [1.82, 2.24) is 4.31 Å². The van der Waals surface area contributed by atoms with Crippen LogP contribution in [0.4, 0.5) is 10.1 Å². The van der Waals surface area contributed by atoms with Crippen molar-refractivity contribution in [2.45, 2.75) is 11.0 Å². The van der Waals surface area contributed by atoms with E-state index < -0.39 is 21.1 Å². The highest BCUT2D eigenvalue weighted by molar-refractivity contribution is 7.89. The number of sulfonamides is 1. The van der Waals surface area contributed by atoms with E-state index in [0.717, 1.165) is 12.1 Å². The maximum atomic E-state index is 13.0. The highest BCUT2D eigenvalue weighted by Crippen LogP contribution is 2.27. The van der Waals surface area contributed by atoms with Gasteiger partial charge in [-0.2, -0.15) is 4.31 Å². The van der Waals surface area contributed by atoms with Gasteiger partial charge in [0.25, 0.3) is 5.69 Å². The average Bonchev–Trinajstić information content (AvgIpc) is 2.62. The molecule has 132 valence electrons. The molecule has 1 unspecified atom stereocenters. The number of rotatable bonds is 4. The van der Waals surface area contributed by atoms with Crippen molar-refractivity contribution < 1.29 is 22.5 Å². The molecule has 2 aromatic carbocycles. The highest BCUT2D eigenvalue weighted by Gasteiger charge is 2.31. The van der Waals surface area contributed by atoms with Gasteiger partial charge in [0.1, 0.15) is 5.82 Å². The first-order valence-electron chi connectivity index (χ1n) is 7.49. The molecule has 7 nitrogen and oxygen atoms in total. The van der Waals surface area contributed by atoms with E-state index in [1.165, 1.54) is 28.6 Å². The van der Waals surface area contributed by atoms with Crippen LogP contribution in [0, 0.1) is 15.9 Å². The monoisotopic (exact) mass is 366 g/mol. The Hall–Kier alpha value is -2.36. The van der Waals surface area contributed by atoms with E-state index in [-0.39, 0.29) is 36.1 Å². The van der Waals surface area contributed by atoms with Gasteiger partial charge in [0.05, 0.1) is 22.5 Å². The highest BCUT2D eigenvalue weighted by atomic mass is 32.2. The standard InChI is InChI=1S/C16H15FN2O5S/c17-13-3-1-12(2-4-13)16-11-18(9-10-24-16)25(22,23)15-7-5-14(6-8-15)19(20)21/h1-8,16H,9-11H2. The van der Waals surface area contributed by atoms with Crippen molar-refractivity contribution in [2.24, 2.45) is 0 Å². The summed E-state index contributed by atoms with van der Waals surface area (Å²) >= 11 is 0. The molecular weight excluding hydrogens is 351 g/mol. The van der Waals surface area contributed by atoms with Crippen LogP contribution in [0.15, 0.2) is 53.4 Å². The van der Waals surface area contributed by atoms with Crippen molar-refractivity contribution in [2.75, 3.05) is 19.7 Å². The van der Waals surface area contributed by atoms with Gasteiger partial charge in [0.15, 0.2) is 0 Å². The molecule has 0 aliphatic carbocycles. The van der Waals surface area contributed by atoms with Gasteiger partial charge in [0, 0.05) is 25.2 Å². The van der Waals surface area contributed by atoms with Crippen molar-refractivity contribution in [3.05, 3.63) is 70.0 Å². The minimum Gasteiger partial charge on any atom is -0.371 e. The van der Waals surface area contributed by atoms with Crippen molar-refractivity contribution in [3.8, 4) is 0 Å². The van der Waals surface area contributed by atoms with E-state index >= 15 is 0 Å². The minimum atomic E-state index is -3.80. The lowest BCUT2D eigenvalue weighted by atomic mass is 10.1. The summed E-state index contributed by atoms with van der Waals surface area (Å²) in [5.41, 5.74) is 0.509. The molecule has 1 atom stereocenters. The molecule has 9 heteroatoms. The molecular formula is C16H15FN2O5S. The first kappa shape index (κ1) is 17.5. The molecule has 1 aliphatic heterocycles. The molecule has 0 N–H and O–H groups in total. The Morgan fingerprint density at radius 3 is 2.36 bits per heavy atom. The number of nitro groups is 1. The van der Waals surface area contributed by atoms with E-state index in [0.29, 0.717) is 5.56 Å². The van der Waals surface area contributed by atoms with Gasteiger partial charge in [0.2, 0.25) is 10.0 Å². The molecule has 0 bridgehead atoms. The van der Waals surface area contributed by atoms with Crippen LogP contribution in [0.5, 0.6) is 0 Å². The fraction of sp³-hybridized carbons (Fsp3) is 0.250. The lowest BCUT2D eigenvalue weighted by molar-refractivity contribution is -0.384. The second-order valence-electron chi connectivity index (χ2n) is 5.53. The predicted molar refractivity (Wildman–Crippen MR) is 86.9 cm³/mol. The number of nitro benzene ring substituents is 1. The van der Waals surface area contributed by atoms with Crippen LogP contribution in [0.1, 0.15) is 11.7 Å². The van der Waals surface area contributed by atoms with Gasteiger partial charge in [-0.3, -0.25) is 10.1 Å². The predicted octanol–water partition coefficient (Wildman–Crippen LogP) is 2.50. The second-order valence-corrected chi connectivity index (χ2v) is 7.46. The number of non-ortho nitro benzene ring substituents is 1. The largest absolute Gasteiger partial charge is 0.371 e. The minimum absolute atomic E-state index is 0.0159. The third-order valence-corrected chi connectivity index (χ3v) is 5.84. The molecule has 1 heterocycles. The Balaban J connectivity index is 1.81. The van der Waals surface area contributed by atoms with Crippen LogP contribution in [0.3, 0.4) is 0 Å². The third-order valence-electron chi connectivity index (χ3n) is 3.96. The summed E-state index contributed by atoms with van der Waals surface area (Å²) in [5.74, 6) is -0.380. The summed E-state index contributed by atoms with van der Waals surface area (Å²) in [5, 5.41) is 10.7. The van der Waals surface area contributed by atoms with Crippen LogP contribution in [-0.2, 0) is 14.8 Å². The number of morpholine rings is 1.